The average Bonchev–Trinajstić information content (AvgIpc) is 2.42. The predicted molar refractivity (Wildman–Crippen MR) is 153 cm³/mol. The molecule has 0 aromatic carbocycles. The van der Waals surface area contributed by atoms with Crippen LogP contribution in [-0.2, 0) is 14.6 Å². The Morgan fingerprint density at radius 3 is 1.03 bits per heavy atom. The molecule has 0 unspecified atom stereocenters. The number of hydrogen-bond donors (Lipinski definition) is 0. The van der Waals surface area contributed by atoms with Crippen molar-refractivity contribution in [3.8, 4) is 0 Å². The molecule has 0 aromatic heterocycles. The molecule has 0 amide bonds. The number of sulfone groups is 1. The van der Waals surface area contributed by atoms with Crippen LogP contribution in [0.1, 0.15) is 102 Å². The third-order valence-corrected chi connectivity index (χ3v) is 10.4. The van der Waals surface area contributed by atoms with Crippen molar-refractivity contribution in [3.63, 3.8) is 0 Å². The van der Waals surface area contributed by atoms with Crippen LogP contribution in [0, 0.1) is 45.3 Å². The second-order valence-electron chi connectivity index (χ2n) is 16.0. The van der Waals surface area contributed by atoms with Crippen molar-refractivity contribution in [3.05, 3.63) is 0 Å². The number of likely N-dealkylation sites (tertiary alicyclic amines) is 1. The first kappa shape index (κ1) is 32.9. The van der Waals surface area contributed by atoms with Gasteiger partial charge in [-0.15, -0.1) is 0 Å². The topological polar surface area (TPSA) is 46.6 Å². The van der Waals surface area contributed by atoms with Gasteiger partial charge in [0.2, 0.25) is 0 Å². The average molecular weight is 516 g/mol. The molecule has 3 saturated heterocycles. The molecule has 1 aliphatic carbocycles. The zero-order valence-electron chi connectivity index (χ0n) is 25.8. The van der Waals surface area contributed by atoms with Crippen LogP contribution in [0.3, 0.4) is 0 Å². The molecular formula is C30H61NO3S. The molecule has 4 rings (SSSR count). The zero-order chi connectivity index (χ0) is 27.5. The van der Waals surface area contributed by atoms with Crippen molar-refractivity contribution < 1.29 is 13.2 Å². The monoisotopic (exact) mass is 515 g/mol. The Kier molecular flexibility index (Phi) is 11.4. The van der Waals surface area contributed by atoms with Gasteiger partial charge in [-0.25, -0.2) is 8.42 Å². The highest BCUT2D eigenvalue weighted by Crippen LogP contribution is 2.41. The standard InChI is InChI=1S/C8H17N.C8H16.C7H14O2S.C7H14O/c1-8(2,3)7-5-9(4)6-7;1-8(2,3)7-5-4-6-7;1-7(2,3)6-4-10(8,9)5-6;1-7(2,3)6-4-8-5-6/h7H,5-6H2,1-4H3;7H,4-6H2,1-3H3;6H,4-5H2,1-3H3;6H,4-5H2,1-3H3. The van der Waals surface area contributed by atoms with Crippen molar-refractivity contribution in [1.82, 2.24) is 4.90 Å². The fraction of sp³-hybridized carbons (Fsp3) is 1.00. The fourth-order valence-corrected chi connectivity index (χ4v) is 6.45. The molecule has 3 heterocycles. The van der Waals surface area contributed by atoms with E-state index in [0.717, 1.165) is 31.0 Å². The van der Waals surface area contributed by atoms with Gasteiger partial charge in [0.05, 0.1) is 24.7 Å². The van der Waals surface area contributed by atoms with Crippen LogP contribution in [0.25, 0.3) is 0 Å². The quantitative estimate of drug-likeness (QED) is 0.343. The van der Waals surface area contributed by atoms with Crippen LogP contribution < -0.4 is 0 Å². The van der Waals surface area contributed by atoms with Gasteiger partial charge in [-0.2, -0.15) is 0 Å². The first-order valence-corrected chi connectivity index (χ1v) is 15.8. The summed E-state index contributed by atoms with van der Waals surface area (Å²) in [7, 11) is -0.431. The summed E-state index contributed by atoms with van der Waals surface area (Å²) < 4.78 is 26.5. The van der Waals surface area contributed by atoms with Gasteiger partial charge in [-0.3, -0.25) is 0 Å². The SMILES string of the molecule is CC(C)(C)C1CCC1.CC(C)(C)C1COC1.CC(C)(C)C1CS(=O)(=O)C1.CN1CC(C(C)(C)C)C1. The molecule has 0 radical (unpaired) electrons. The molecule has 0 aromatic rings. The maximum Gasteiger partial charge on any atom is 0.150 e. The molecule has 1 saturated carbocycles. The Morgan fingerprint density at radius 1 is 0.600 bits per heavy atom. The molecule has 5 heteroatoms. The van der Waals surface area contributed by atoms with Crippen LogP contribution in [0.4, 0.5) is 0 Å². The normalized spacial score (nSPS) is 24.0. The summed E-state index contributed by atoms with van der Waals surface area (Å²) >= 11 is 0. The lowest BCUT2D eigenvalue weighted by Gasteiger charge is -2.44. The maximum atomic E-state index is 10.7. The van der Waals surface area contributed by atoms with Gasteiger partial charge in [0.15, 0.2) is 9.84 Å². The minimum atomic E-state index is -2.61. The first-order chi connectivity index (χ1) is 15.5. The van der Waals surface area contributed by atoms with Crippen molar-refractivity contribution in [2.45, 2.75) is 102 Å². The summed E-state index contributed by atoms with van der Waals surface area (Å²) in [5.74, 6) is 3.96. The highest BCUT2D eigenvalue weighted by Gasteiger charge is 2.40. The van der Waals surface area contributed by atoms with Gasteiger partial charge in [-0.1, -0.05) is 89.5 Å². The molecule has 35 heavy (non-hydrogen) atoms. The van der Waals surface area contributed by atoms with Crippen LogP contribution in [0.5, 0.6) is 0 Å². The van der Waals surface area contributed by atoms with Gasteiger partial charge in [0, 0.05) is 19.0 Å². The summed E-state index contributed by atoms with van der Waals surface area (Å²) in [4.78, 5) is 2.37. The largest absolute Gasteiger partial charge is 0.381 e. The minimum Gasteiger partial charge on any atom is -0.381 e. The predicted octanol–water partition coefficient (Wildman–Crippen LogP) is 7.18. The molecule has 3 aliphatic heterocycles. The van der Waals surface area contributed by atoms with E-state index < -0.39 is 9.84 Å². The molecule has 0 N–H and O–H groups in total. The van der Waals surface area contributed by atoms with Crippen molar-refractivity contribution >= 4 is 9.84 Å². The summed E-state index contributed by atoms with van der Waals surface area (Å²) in [6.45, 7) is 31.6. The Labute approximate surface area is 220 Å². The highest BCUT2D eigenvalue weighted by molar-refractivity contribution is 7.92. The lowest BCUT2D eigenvalue weighted by Crippen LogP contribution is -2.49. The lowest BCUT2D eigenvalue weighted by molar-refractivity contribution is -0.0821. The fourth-order valence-electron chi connectivity index (χ4n) is 4.32. The first-order valence-electron chi connectivity index (χ1n) is 14.0. The smallest absolute Gasteiger partial charge is 0.150 e. The zero-order valence-corrected chi connectivity index (χ0v) is 26.6. The third kappa shape index (κ3) is 11.9. The van der Waals surface area contributed by atoms with Crippen LogP contribution >= 0.6 is 0 Å². The molecule has 4 nitrogen and oxygen atoms in total. The van der Waals surface area contributed by atoms with E-state index in [1.807, 2.05) is 0 Å². The van der Waals surface area contributed by atoms with Crippen LogP contribution in [0.2, 0.25) is 0 Å². The van der Waals surface area contributed by atoms with Crippen LogP contribution in [-0.4, -0.2) is 58.2 Å². The van der Waals surface area contributed by atoms with Crippen LogP contribution in [0.15, 0.2) is 0 Å². The number of nitrogens with zero attached hydrogens (tertiary/aromatic N) is 1. The third-order valence-electron chi connectivity index (χ3n) is 8.62. The van der Waals surface area contributed by atoms with Gasteiger partial charge in [0.25, 0.3) is 0 Å². The van der Waals surface area contributed by atoms with Gasteiger partial charge in [0.1, 0.15) is 0 Å². The van der Waals surface area contributed by atoms with Crippen molar-refractivity contribution in [2.24, 2.45) is 45.3 Å². The summed E-state index contributed by atoms with van der Waals surface area (Å²) in [5, 5.41) is 0. The van der Waals surface area contributed by atoms with E-state index in [9.17, 15) is 8.42 Å². The number of ether oxygens (including phenoxy) is 1. The number of rotatable bonds is 0. The van der Waals surface area contributed by atoms with E-state index in [2.05, 4.69) is 95.0 Å². The number of hydrogen-bond acceptors (Lipinski definition) is 4. The van der Waals surface area contributed by atoms with E-state index in [1.54, 1.807) is 0 Å². The summed E-state index contributed by atoms with van der Waals surface area (Å²) in [5.41, 5.74) is 1.77. The Bertz CT molecular complexity index is 682. The van der Waals surface area contributed by atoms with E-state index in [-0.39, 0.29) is 5.41 Å². The molecular weight excluding hydrogens is 454 g/mol. The highest BCUT2D eigenvalue weighted by atomic mass is 32.2. The Morgan fingerprint density at radius 2 is 0.971 bits per heavy atom. The van der Waals surface area contributed by atoms with Crippen molar-refractivity contribution in [2.75, 3.05) is 44.9 Å². The van der Waals surface area contributed by atoms with Gasteiger partial charge < -0.3 is 9.64 Å². The van der Waals surface area contributed by atoms with E-state index >= 15 is 0 Å². The molecule has 0 spiro atoms. The minimum absolute atomic E-state index is 0.172. The maximum absolute atomic E-state index is 10.7. The van der Waals surface area contributed by atoms with Crippen molar-refractivity contribution in [1.29, 1.82) is 0 Å². The second-order valence-corrected chi connectivity index (χ2v) is 18.2. The van der Waals surface area contributed by atoms with E-state index in [0.29, 0.717) is 33.7 Å². The van der Waals surface area contributed by atoms with Gasteiger partial charge in [-0.05, 0) is 59.3 Å². The summed E-state index contributed by atoms with van der Waals surface area (Å²) in [6, 6.07) is 0. The van der Waals surface area contributed by atoms with Gasteiger partial charge >= 0.3 is 0 Å². The van der Waals surface area contributed by atoms with E-state index in [4.69, 9.17) is 4.74 Å². The molecule has 0 bridgehead atoms. The molecule has 4 aliphatic rings. The molecule has 4 fully saturated rings. The second kappa shape index (κ2) is 12.2. The van der Waals surface area contributed by atoms with E-state index in [1.165, 1.54) is 32.4 Å². The Hall–Kier alpha value is -0.130. The lowest BCUT2D eigenvalue weighted by atomic mass is 9.69. The Balaban J connectivity index is 0.000000234. The molecule has 210 valence electrons. The summed E-state index contributed by atoms with van der Waals surface area (Å²) in [6.07, 6.45) is 4.43. The molecule has 0 atom stereocenters.